The van der Waals surface area contributed by atoms with Gasteiger partial charge in [0.1, 0.15) is 5.37 Å². The van der Waals surface area contributed by atoms with Crippen LogP contribution in [-0.2, 0) is 4.79 Å². The number of nitrogens with one attached hydrogen (secondary N) is 2. The third kappa shape index (κ3) is 4.04. The molecule has 1 heterocycles. The molecule has 1 aliphatic rings. The molecule has 7 nitrogen and oxygen atoms in total. The lowest BCUT2D eigenvalue weighted by molar-refractivity contribution is -0.384. The largest absolute Gasteiger partial charge is 0.320 e. The maximum atomic E-state index is 12.3. The van der Waals surface area contributed by atoms with Crippen LogP contribution < -0.4 is 10.7 Å². The first kappa shape index (κ1) is 17.5. The molecule has 2 N–H and O–H groups in total. The third-order valence-corrected chi connectivity index (χ3v) is 5.14. The molecule has 0 fully saturated rings. The van der Waals surface area contributed by atoms with Gasteiger partial charge in [0.2, 0.25) is 0 Å². The summed E-state index contributed by atoms with van der Waals surface area (Å²) in [5, 5.41) is 18.1. The van der Waals surface area contributed by atoms with E-state index >= 15 is 0 Å². The van der Waals surface area contributed by atoms with Gasteiger partial charge in [-0.3, -0.25) is 20.3 Å². The lowest BCUT2D eigenvalue weighted by Gasteiger charge is -2.09. The van der Waals surface area contributed by atoms with E-state index in [1.54, 1.807) is 30.3 Å². The van der Waals surface area contributed by atoms with Crippen molar-refractivity contribution in [2.75, 3.05) is 5.32 Å². The van der Waals surface area contributed by atoms with E-state index in [0.29, 0.717) is 15.7 Å². The molecule has 1 atom stereocenters. The van der Waals surface area contributed by atoms with Gasteiger partial charge in [-0.2, -0.15) is 5.10 Å². The maximum absolute atomic E-state index is 12.3. The zero-order valence-corrected chi connectivity index (χ0v) is 14.7. The highest BCUT2D eigenvalue weighted by Crippen LogP contribution is 2.33. The van der Waals surface area contributed by atoms with Crippen LogP contribution in [0.4, 0.5) is 11.4 Å². The molecule has 2 aromatic rings. The van der Waals surface area contributed by atoms with Crippen molar-refractivity contribution in [3.8, 4) is 0 Å². The molecule has 1 amide bonds. The third-order valence-electron chi connectivity index (χ3n) is 3.29. The van der Waals surface area contributed by atoms with Crippen LogP contribution in [0.2, 0.25) is 10.0 Å². The van der Waals surface area contributed by atoms with Gasteiger partial charge in [-0.15, -0.1) is 0 Å². The number of hydrogen-bond acceptors (Lipinski definition) is 6. The van der Waals surface area contributed by atoms with Gasteiger partial charge in [0.05, 0.1) is 15.0 Å². The summed E-state index contributed by atoms with van der Waals surface area (Å²) >= 11 is 13.0. The number of benzene rings is 2. The average Bonchev–Trinajstić information content (AvgIpc) is 3.08. The second-order valence-corrected chi connectivity index (χ2v) is 6.88. The number of rotatable bonds is 4. The molecular weight excluding hydrogens is 387 g/mol. The molecule has 1 aliphatic heterocycles. The van der Waals surface area contributed by atoms with Crippen LogP contribution in [0.1, 0.15) is 10.9 Å². The molecule has 2 aromatic carbocycles. The Kier molecular flexibility index (Phi) is 5.12. The smallest absolute Gasteiger partial charge is 0.282 e. The Balaban J connectivity index is 1.64. The Morgan fingerprint density at radius 3 is 2.56 bits per heavy atom. The Labute approximate surface area is 156 Å². The number of nitro groups is 1. The first-order valence-electron chi connectivity index (χ1n) is 6.94. The van der Waals surface area contributed by atoms with E-state index in [0.717, 1.165) is 5.56 Å². The summed E-state index contributed by atoms with van der Waals surface area (Å²) in [6.45, 7) is 0. The summed E-state index contributed by atoms with van der Waals surface area (Å²) in [6.07, 6.45) is 0. The zero-order chi connectivity index (χ0) is 18.0. The van der Waals surface area contributed by atoms with Gasteiger partial charge in [-0.25, -0.2) is 0 Å². The van der Waals surface area contributed by atoms with Gasteiger partial charge in [-0.1, -0.05) is 35.0 Å². The highest BCUT2D eigenvalue weighted by molar-refractivity contribution is 8.16. The molecule has 128 valence electrons. The van der Waals surface area contributed by atoms with Gasteiger partial charge in [0.25, 0.3) is 11.6 Å². The fourth-order valence-corrected chi connectivity index (χ4v) is 3.24. The molecular formula is C15H10Cl2N4O3S. The Hall–Kier alpha value is -2.29. The topological polar surface area (TPSA) is 96.6 Å². The first-order valence-corrected chi connectivity index (χ1v) is 8.58. The summed E-state index contributed by atoms with van der Waals surface area (Å²) in [7, 11) is 0. The number of hydrazone groups is 1. The van der Waals surface area contributed by atoms with E-state index in [9.17, 15) is 14.9 Å². The van der Waals surface area contributed by atoms with Gasteiger partial charge in [-0.05, 0) is 35.9 Å². The maximum Gasteiger partial charge on any atom is 0.282 e. The van der Waals surface area contributed by atoms with Crippen molar-refractivity contribution in [1.29, 1.82) is 0 Å². The minimum Gasteiger partial charge on any atom is -0.320 e. The minimum atomic E-state index is -0.467. The molecule has 0 aliphatic carbocycles. The van der Waals surface area contributed by atoms with Crippen molar-refractivity contribution in [3.63, 3.8) is 0 Å². The molecule has 1 unspecified atom stereocenters. The van der Waals surface area contributed by atoms with E-state index in [4.69, 9.17) is 23.2 Å². The van der Waals surface area contributed by atoms with E-state index in [1.807, 2.05) is 0 Å². The number of amides is 1. The molecule has 0 spiro atoms. The van der Waals surface area contributed by atoms with E-state index in [-0.39, 0.29) is 22.0 Å². The predicted octanol–water partition coefficient (Wildman–Crippen LogP) is 4.19. The lowest BCUT2D eigenvalue weighted by Crippen LogP contribution is -2.19. The average molecular weight is 397 g/mol. The summed E-state index contributed by atoms with van der Waals surface area (Å²) in [5.74, 6) is -0.389. The van der Waals surface area contributed by atoms with Gasteiger partial charge in [0.15, 0.2) is 5.04 Å². The molecule has 0 radical (unpaired) electrons. The monoisotopic (exact) mass is 396 g/mol. The normalized spacial score (nSPS) is 16.1. The van der Waals surface area contributed by atoms with Crippen LogP contribution in [0.15, 0.2) is 47.6 Å². The second kappa shape index (κ2) is 7.30. The van der Waals surface area contributed by atoms with Crippen LogP contribution in [-0.4, -0.2) is 15.9 Å². The fourth-order valence-electron chi connectivity index (χ4n) is 2.06. The summed E-state index contributed by atoms with van der Waals surface area (Å²) < 4.78 is 0. The van der Waals surface area contributed by atoms with Crippen molar-refractivity contribution < 1.29 is 9.72 Å². The highest BCUT2D eigenvalue weighted by Gasteiger charge is 2.26. The zero-order valence-electron chi connectivity index (χ0n) is 12.4. The van der Waals surface area contributed by atoms with Crippen LogP contribution in [0.5, 0.6) is 0 Å². The molecule has 3 rings (SSSR count). The van der Waals surface area contributed by atoms with Crippen LogP contribution >= 0.6 is 35.0 Å². The molecule has 25 heavy (non-hydrogen) atoms. The number of non-ortho nitro benzene ring substituents is 1. The number of nitrogens with zero attached hydrogens (tertiary/aromatic N) is 2. The van der Waals surface area contributed by atoms with E-state index in [2.05, 4.69) is 15.8 Å². The van der Waals surface area contributed by atoms with Crippen LogP contribution in [0.25, 0.3) is 0 Å². The highest BCUT2D eigenvalue weighted by atomic mass is 35.5. The fraction of sp³-hybridized carbons (Fsp3) is 0.0667. The number of hydrogen-bond donors (Lipinski definition) is 2. The van der Waals surface area contributed by atoms with Crippen molar-refractivity contribution in [2.45, 2.75) is 5.37 Å². The van der Waals surface area contributed by atoms with Crippen LogP contribution in [0, 0.1) is 10.1 Å². The minimum absolute atomic E-state index is 0.00486. The standard InChI is InChI=1S/C15H10Cl2N4O3S/c16-11-6-3-9(7-12(11)17)18-13(22)15-20-19-14(25-15)8-1-4-10(5-2-8)21(23)24/h1-7,14,19H,(H,18,22). The predicted molar refractivity (Wildman–Crippen MR) is 99.1 cm³/mol. The summed E-state index contributed by atoms with van der Waals surface area (Å²) in [5.41, 5.74) is 4.11. The number of nitro benzene ring substituents is 1. The van der Waals surface area contributed by atoms with Crippen molar-refractivity contribution in [3.05, 3.63) is 68.2 Å². The quantitative estimate of drug-likeness (QED) is 0.596. The summed E-state index contributed by atoms with van der Waals surface area (Å²) in [6, 6.07) is 10.8. The van der Waals surface area contributed by atoms with Gasteiger partial charge < -0.3 is 5.32 Å². The van der Waals surface area contributed by atoms with Crippen molar-refractivity contribution in [2.24, 2.45) is 5.10 Å². The molecule has 0 saturated heterocycles. The number of thioether (sulfide) groups is 1. The first-order chi connectivity index (χ1) is 11.9. The summed E-state index contributed by atoms with van der Waals surface area (Å²) in [4.78, 5) is 22.5. The number of carbonyl (C=O) groups is 1. The number of anilines is 1. The van der Waals surface area contributed by atoms with Gasteiger partial charge >= 0.3 is 0 Å². The molecule has 10 heteroatoms. The van der Waals surface area contributed by atoms with E-state index < -0.39 is 4.92 Å². The van der Waals surface area contributed by atoms with Crippen molar-refractivity contribution >= 4 is 57.3 Å². The Morgan fingerprint density at radius 2 is 1.92 bits per heavy atom. The Morgan fingerprint density at radius 1 is 1.20 bits per heavy atom. The van der Waals surface area contributed by atoms with Crippen LogP contribution in [0.3, 0.4) is 0 Å². The second-order valence-electron chi connectivity index (χ2n) is 4.98. The molecule has 0 bridgehead atoms. The lowest BCUT2D eigenvalue weighted by atomic mass is 10.2. The Bertz CT molecular complexity index is 874. The SMILES string of the molecule is O=C(Nc1ccc(Cl)c(Cl)c1)C1=NNC(c2ccc([N+](=O)[O-])cc2)S1. The number of carbonyl (C=O) groups excluding carboxylic acids is 1. The number of halogens is 2. The van der Waals surface area contributed by atoms with Gasteiger partial charge in [0, 0.05) is 17.8 Å². The van der Waals surface area contributed by atoms with E-state index in [1.165, 1.54) is 23.9 Å². The molecule has 0 saturated carbocycles. The van der Waals surface area contributed by atoms with Crippen molar-refractivity contribution in [1.82, 2.24) is 5.43 Å². The molecule has 0 aromatic heterocycles.